The lowest BCUT2D eigenvalue weighted by atomic mass is 9.80. The standard InChI is InChI=1S/C69H98N6O14/c1-11-27-73-29-30-74(40-53(73)41-76)68-71-38-52(39-72-68)51-21-17-20-50(33-51)42-87-58-26-24-49(35-61(58)85-9)34-55(70)60-37-57(77)45(4)32-47(6)63(79)64(86-10)62(78)46(5)31-43(2)18-13-12-14-19-44(3)59(84-8)36-54-25-23-48(7)69(83,89-54)65(80)66(81)75-28-16-15-22-56(75)67(82)88-60/h1,12-14,17-21,32-33,38-39,43,45-46,48-49,53-56,58-61,63-64,76,79,83H,15-16,22-31,34-37,40-42,70H2,2-10H3/b14-12+,18-13+,44-19+,47-32+/t43-,45-,46-,48-,49+,53?,54+,55-,56+,58-,59+,60+,61-,63-,64+,69-/m1/s1. The number of aliphatic hydroxyl groups excluding tert-OH is 2. The van der Waals surface area contributed by atoms with Crippen LogP contribution < -0.4 is 10.6 Å². The van der Waals surface area contributed by atoms with Crippen LogP contribution in [0.15, 0.2) is 84.3 Å². The Morgan fingerprint density at radius 2 is 1.63 bits per heavy atom. The molecule has 1 aromatic carbocycles. The third-order valence-electron chi connectivity index (χ3n) is 19.0. The number of anilines is 1. The first-order valence-corrected chi connectivity index (χ1v) is 31.9. The van der Waals surface area contributed by atoms with Gasteiger partial charge in [-0.1, -0.05) is 88.3 Å². The molecule has 1 amide bonds. The highest BCUT2D eigenvalue weighted by Crippen LogP contribution is 2.38. The number of cyclic esters (lactones) is 1. The monoisotopic (exact) mass is 1230 g/mol. The highest BCUT2D eigenvalue weighted by molar-refractivity contribution is 6.39. The number of terminal acetylenes is 1. The van der Waals surface area contributed by atoms with E-state index in [2.05, 4.69) is 31.8 Å². The Kier molecular flexibility index (Phi) is 26.6. The molecule has 5 N–H and O–H groups in total. The number of carbonyl (C=O) groups excluding carboxylic acids is 5. The number of aromatic nitrogens is 2. The molecule has 1 saturated carbocycles. The van der Waals surface area contributed by atoms with E-state index in [1.807, 2.05) is 69.4 Å². The molecule has 20 nitrogen and oxygen atoms in total. The van der Waals surface area contributed by atoms with Crippen molar-refractivity contribution < 1.29 is 67.7 Å². The van der Waals surface area contributed by atoms with Gasteiger partial charge in [-0.15, -0.1) is 6.42 Å². The van der Waals surface area contributed by atoms with Crippen LogP contribution in [-0.2, 0) is 59.0 Å². The normalized spacial score (nSPS) is 34.7. The molecule has 0 radical (unpaired) electrons. The summed E-state index contributed by atoms with van der Waals surface area (Å²) in [6.07, 6.45) is 19.6. The molecule has 89 heavy (non-hydrogen) atoms. The van der Waals surface area contributed by atoms with Crippen molar-refractivity contribution in [3.8, 4) is 23.5 Å². The minimum Gasteiger partial charge on any atom is -0.459 e. The highest BCUT2D eigenvalue weighted by Gasteiger charge is 2.53. The van der Waals surface area contributed by atoms with Crippen molar-refractivity contribution in [2.24, 2.45) is 35.3 Å². The van der Waals surface area contributed by atoms with Crippen LogP contribution in [0.5, 0.6) is 0 Å². The van der Waals surface area contributed by atoms with Gasteiger partial charge in [0.15, 0.2) is 5.78 Å². The van der Waals surface area contributed by atoms with Crippen molar-refractivity contribution in [3.63, 3.8) is 0 Å². The zero-order valence-electron chi connectivity index (χ0n) is 53.7. The zero-order chi connectivity index (χ0) is 64.5. The number of hydrogen-bond donors (Lipinski definition) is 4. The fourth-order valence-corrected chi connectivity index (χ4v) is 13.3. The van der Waals surface area contributed by atoms with Gasteiger partial charge in [0, 0.05) is 102 Å². The van der Waals surface area contributed by atoms with Crippen LogP contribution in [-0.4, -0.2) is 192 Å². The van der Waals surface area contributed by atoms with Gasteiger partial charge in [0.2, 0.25) is 11.7 Å². The number of esters is 1. The minimum atomic E-state index is -2.48. The van der Waals surface area contributed by atoms with Crippen LogP contribution in [0.25, 0.3) is 11.1 Å². The number of nitrogens with two attached hydrogens (primary N) is 1. The molecule has 2 bridgehead atoms. The third kappa shape index (κ3) is 18.5. The van der Waals surface area contributed by atoms with E-state index in [9.17, 15) is 39.3 Å². The van der Waals surface area contributed by atoms with E-state index in [1.165, 1.54) is 7.11 Å². The number of hydrogen-bond acceptors (Lipinski definition) is 19. The van der Waals surface area contributed by atoms with Crippen LogP contribution in [0.1, 0.15) is 124 Å². The number of carbonyl (C=O) groups is 5. The van der Waals surface area contributed by atoms with E-state index in [1.54, 1.807) is 53.5 Å². The molecule has 1 unspecified atom stereocenters. The molecule has 2 aromatic rings. The van der Waals surface area contributed by atoms with E-state index in [-0.39, 0.29) is 67.6 Å². The summed E-state index contributed by atoms with van der Waals surface area (Å²) in [6, 6.07) is 5.81. The average Bonchev–Trinajstić information content (AvgIpc) is 1.24. The Morgan fingerprint density at radius 1 is 0.865 bits per heavy atom. The highest BCUT2D eigenvalue weighted by atomic mass is 16.6. The molecule has 0 spiro atoms. The molecule has 3 saturated heterocycles. The topological polar surface area (TPSA) is 263 Å². The van der Waals surface area contributed by atoms with E-state index < -0.39 is 83.8 Å². The third-order valence-corrected chi connectivity index (χ3v) is 19.0. The predicted octanol–water partition coefficient (Wildman–Crippen LogP) is 6.67. The van der Waals surface area contributed by atoms with Crippen LogP contribution >= 0.6 is 0 Å². The first kappa shape index (κ1) is 70.6. The molecule has 7 rings (SSSR count). The van der Waals surface area contributed by atoms with E-state index in [0.717, 1.165) is 27.2 Å². The van der Waals surface area contributed by atoms with Crippen molar-refractivity contribution >= 4 is 35.2 Å². The number of piperazine rings is 1. The van der Waals surface area contributed by atoms with E-state index in [4.69, 9.17) is 40.6 Å². The lowest BCUT2D eigenvalue weighted by Gasteiger charge is -2.42. The summed E-state index contributed by atoms with van der Waals surface area (Å²) in [4.78, 5) is 86.7. The molecule has 488 valence electrons. The number of ether oxygens (including phenoxy) is 6. The quantitative estimate of drug-likeness (QED) is 0.0706. The maximum atomic E-state index is 14.7. The summed E-state index contributed by atoms with van der Waals surface area (Å²) in [5.74, 6) is -5.02. The fourth-order valence-electron chi connectivity index (χ4n) is 13.3. The number of amides is 1. The van der Waals surface area contributed by atoms with Gasteiger partial charge in [-0.25, -0.2) is 14.8 Å². The van der Waals surface area contributed by atoms with Gasteiger partial charge < -0.3 is 59.3 Å². The van der Waals surface area contributed by atoms with Crippen molar-refractivity contribution in [2.45, 2.75) is 192 Å². The fraction of sp³-hybridized carbons (Fsp3) is 0.638. The predicted molar refractivity (Wildman–Crippen MR) is 337 cm³/mol. The number of ketones is 3. The number of fused-ring (bicyclic) bond motifs is 3. The largest absolute Gasteiger partial charge is 0.459 e. The number of Topliss-reactive ketones (excluding diaryl/α,β-unsaturated/α-hetero) is 3. The number of allylic oxidation sites excluding steroid dienone is 6. The van der Waals surface area contributed by atoms with Gasteiger partial charge in [0.1, 0.15) is 30.1 Å². The smallest absolute Gasteiger partial charge is 0.329 e. The number of aliphatic hydroxyl groups is 3. The molecule has 20 heteroatoms. The average molecular weight is 1240 g/mol. The Morgan fingerprint density at radius 3 is 2.34 bits per heavy atom. The molecule has 5 heterocycles. The van der Waals surface area contributed by atoms with Crippen molar-refractivity contribution in [2.75, 3.05) is 65.6 Å². The Hall–Kier alpha value is -5.83. The van der Waals surface area contributed by atoms with Crippen molar-refractivity contribution in [1.82, 2.24) is 19.8 Å². The van der Waals surface area contributed by atoms with E-state index >= 15 is 0 Å². The van der Waals surface area contributed by atoms with Crippen LogP contribution in [0, 0.1) is 41.9 Å². The van der Waals surface area contributed by atoms with Crippen molar-refractivity contribution in [3.05, 3.63) is 89.8 Å². The lowest BCUT2D eigenvalue weighted by Crippen LogP contribution is -2.61. The number of rotatable bonds is 13. The number of benzene rings is 1. The molecule has 1 aliphatic carbocycles. The maximum absolute atomic E-state index is 14.7. The molecular weight excluding hydrogens is 1140 g/mol. The minimum absolute atomic E-state index is 0.00944. The second kappa shape index (κ2) is 33.5. The molecule has 1 aromatic heterocycles. The molecule has 5 aliphatic rings. The van der Waals surface area contributed by atoms with Crippen molar-refractivity contribution in [1.29, 1.82) is 0 Å². The van der Waals surface area contributed by atoms with Crippen LogP contribution in [0.2, 0.25) is 0 Å². The summed E-state index contributed by atoms with van der Waals surface area (Å²) in [7, 11) is 4.59. The van der Waals surface area contributed by atoms with E-state index in [0.29, 0.717) is 109 Å². The van der Waals surface area contributed by atoms with Gasteiger partial charge in [-0.05, 0) is 118 Å². The van der Waals surface area contributed by atoms with Crippen LogP contribution in [0.4, 0.5) is 5.95 Å². The summed E-state index contributed by atoms with van der Waals surface area (Å²) < 4.78 is 36.7. The van der Waals surface area contributed by atoms with Crippen LogP contribution in [0.3, 0.4) is 0 Å². The summed E-state index contributed by atoms with van der Waals surface area (Å²) >= 11 is 0. The summed E-state index contributed by atoms with van der Waals surface area (Å²) in [6.45, 7) is 13.5. The lowest BCUT2D eigenvalue weighted by molar-refractivity contribution is -0.265. The second-order valence-corrected chi connectivity index (χ2v) is 25.5. The maximum Gasteiger partial charge on any atom is 0.329 e. The summed E-state index contributed by atoms with van der Waals surface area (Å²) in [5.41, 5.74) is 11.0. The number of methoxy groups -OCH3 is 3. The van der Waals surface area contributed by atoms with Gasteiger partial charge in [0.05, 0.1) is 50.2 Å². The molecule has 4 aliphatic heterocycles. The first-order chi connectivity index (χ1) is 42.6. The molecule has 16 atom stereocenters. The number of piperidine rings is 1. The van der Waals surface area contributed by atoms with Gasteiger partial charge >= 0.3 is 5.97 Å². The first-order valence-electron chi connectivity index (χ1n) is 31.9. The van der Waals surface area contributed by atoms with Gasteiger partial charge in [-0.3, -0.25) is 24.1 Å². The zero-order valence-corrected chi connectivity index (χ0v) is 53.7. The Labute approximate surface area is 526 Å². The Bertz CT molecular complexity index is 2870. The molecular formula is C69H98N6O14. The molecule has 4 fully saturated rings. The number of nitrogens with zero attached hydrogens (tertiary/aromatic N) is 5. The Balaban J connectivity index is 1.07. The van der Waals surface area contributed by atoms with Gasteiger partial charge in [-0.2, -0.15) is 0 Å². The summed E-state index contributed by atoms with van der Waals surface area (Å²) in [5, 5.41) is 33.7. The second-order valence-electron chi connectivity index (χ2n) is 25.5. The SMILES string of the molecule is C#CCN1CCN(c2ncc(-c3cccc(CO[C@@H]4CC[C@@H](C[C@@H](N)[C@@H]5CC(=O)[C@H](C)/C=C(\C)[C@@H](O)[C@@H](OC)C(=O)[C@H](C)C[C@H](C)/C=C/C=C/C=C(\C)[C@@H](OC)C[C@@H]6CC[C@@H](C)[C@@](O)(O6)C(=O)C(=O)N6CCCC[C@H]6C(=O)O5)C[C@H]4OC)c3)cn2)CC1CO. The van der Waals surface area contributed by atoms with Gasteiger partial charge in [0.25, 0.3) is 11.7 Å².